The fourth-order valence-corrected chi connectivity index (χ4v) is 4.39. The second-order valence-electron chi connectivity index (χ2n) is 5.03. The number of carboxylic acid groups (broad SMARTS) is 1. The number of nitrogens with zero attached hydrogens (tertiary/aromatic N) is 1. The van der Waals surface area contributed by atoms with Crippen molar-refractivity contribution in [2.24, 2.45) is 0 Å². The highest BCUT2D eigenvalue weighted by Crippen LogP contribution is 2.27. The topological polar surface area (TPSA) is 74.7 Å². The molecule has 6 heteroatoms. The maximum Gasteiger partial charge on any atom is 0.307 e. The molecule has 1 atom stereocenters. The molecule has 1 N–H and O–H groups in total. The molecule has 1 unspecified atom stereocenters. The summed E-state index contributed by atoms with van der Waals surface area (Å²) < 4.78 is 26.7. The highest BCUT2D eigenvalue weighted by molar-refractivity contribution is 7.89. The van der Waals surface area contributed by atoms with Crippen LogP contribution in [0.25, 0.3) is 0 Å². The molecule has 1 saturated heterocycles. The fraction of sp³-hybridized carbons (Fsp3) is 0.500. The summed E-state index contributed by atoms with van der Waals surface area (Å²) in [5, 5.41) is 8.71. The van der Waals surface area contributed by atoms with E-state index >= 15 is 0 Å². The van der Waals surface area contributed by atoms with Crippen molar-refractivity contribution < 1.29 is 18.3 Å². The average Bonchev–Trinajstić information content (AvgIpc) is 2.87. The molecule has 0 radical (unpaired) electrons. The molecule has 1 aromatic carbocycles. The largest absolute Gasteiger partial charge is 0.481 e. The van der Waals surface area contributed by atoms with Crippen LogP contribution in [0, 0.1) is 0 Å². The van der Waals surface area contributed by atoms with Crippen LogP contribution in [-0.4, -0.2) is 36.4 Å². The van der Waals surface area contributed by atoms with Crippen molar-refractivity contribution in [1.82, 2.24) is 4.31 Å². The minimum absolute atomic E-state index is 0.0821. The lowest BCUT2D eigenvalue weighted by Crippen LogP contribution is -2.35. The van der Waals surface area contributed by atoms with Crippen LogP contribution in [0.4, 0.5) is 0 Å². The van der Waals surface area contributed by atoms with E-state index < -0.39 is 16.0 Å². The zero-order chi connectivity index (χ0) is 14.8. The van der Waals surface area contributed by atoms with Gasteiger partial charge in [-0.25, -0.2) is 8.42 Å². The molecule has 1 aliphatic heterocycles. The van der Waals surface area contributed by atoms with Gasteiger partial charge < -0.3 is 5.11 Å². The highest BCUT2D eigenvalue weighted by atomic mass is 32.2. The maximum atomic E-state index is 12.5. The van der Waals surface area contributed by atoms with E-state index in [0.29, 0.717) is 12.1 Å². The molecule has 0 amide bonds. The van der Waals surface area contributed by atoms with Crippen molar-refractivity contribution in [3.05, 3.63) is 29.8 Å². The van der Waals surface area contributed by atoms with Crippen molar-refractivity contribution in [2.45, 2.75) is 43.5 Å². The second-order valence-corrected chi connectivity index (χ2v) is 6.93. The lowest BCUT2D eigenvalue weighted by molar-refractivity contribution is -0.136. The Kier molecular flexibility index (Phi) is 4.45. The van der Waals surface area contributed by atoms with Crippen molar-refractivity contribution in [1.29, 1.82) is 0 Å². The van der Waals surface area contributed by atoms with Gasteiger partial charge in [0.25, 0.3) is 0 Å². The van der Waals surface area contributed by atoms with E-state index in [1.54, 1.807) is 16.4 Å². The van der Waals surface area contributed by atoms with Gasteiger partial charge in [-0.2, -0.15) is 4.31 Å². The number of carbonyl (C=O) groups is 1. The summed E-state index contributed by atoms with van der Waals surface area (Å²) in [6, 6.07) is 6.21. The molecule has 2 rings (SSSR count). The van der Waals surface area contributed by atoms with E-state index in [9.17, 15) is 13.2 Å². The van der Waals surface area contributed by atoms with E-state index in [-0.39, 0.29) is 17.4 Å². The summed E-state index contributed by atoms with van der Waals surface area (Å²) in [7, 11) is -3.46. The molecule has 1 heterocycles. The van der Waals surface area contributed by atoms with Gasteiger partial charge in [0, 0.05) is 12.6 Å². The molecule has 1 aromatic rings. The zero-order valence-corrected chi connectivity index (χ0v) is 12.3. The summed E-state index contributed by atoms with van der Waals surface area (Å²) in [5.74, 6) is -0.925. The van der Waals surface area contributed by atoms with Crippen LogP contribution in [0.5, 0.6) is 0 Å². The Labute approximate surface area is 119 Å². The first-order valence-corrected chi connectivity index (χ1v) is 8.21. The SMILES string of the molecule is CCC1CCCN1S(=O)(=O)c1ccc(CC(=O)O)cc1. The van der Waals surface area contributed by atoms with E-state index in [4.69, 9.17) is 5.11 Å². The van der Waals surface area contributed by atoms with Crippen molar-refractivity contribution in [3.63, 3.8) is 0 Å². The number of benzene rings is 1. The lowest BCUT2D eigenvalue weighted by atomic mass is 10.2. The number of carboxylic acids is 1. The van der Waals surface area contributed by atoms with Crippen molar-refractivity contribution >= 4 is 16.0 Å². The lowest BCUT2D eigenvalue weighted by Gasteiger charge is -2.23. The van der Waals surface area contributed by atoms with E-state index in [2.05, 4.69) is 0 Å². The highest BCUT2D eigenvalue weighted by Gasteiger charge is 2.33. The normalized spacial score (nSPS) is 20.1. The molecule has 0 spiro atoms. The van der Waals surface area contributed by atoms with Gasteiger partial charge >= 0.3 is 5.97 Å². The van der Waals surface area contributed by atoms with Crippen LogP contribution in [0.2, 0.25) is 0 Å². The molecule has 0 aliphatic carbocycles. The van der Waals surface area contributed by atoms with Crippen LogP contribution < -0.4 is 0 Å². The summed E-state index contributed by atoms with van der Waals surface area (Å²) in [6.07, 6.45) is 2.53. The molecule has 0 saturated carbocycles. The smallest absolute Gasteiger partial charge is 0.307 e. The van der Waals surface area contributed by atoms with Gasteiger partial charge in [-0.3, -0.25) is 4.79 Å². The Balaban J connectivity index is 2.23. The molecule has 0 aromatic heterocycles. The number of hydrogen-bond donors (Lipinski definition) is 1. The van der Waals surface area contributed by atoms with Gasteiger partial charge in [-0.05, 0) is 37.0 Å². The predicted octanol–water partition coefficient (Wildman–Crippen LogP) is 1.88. The van der Waals surface area contributed by atoms with Gasteiger partial charge in [0.2, 0.25) is 10.0 Å². The minimum Gasteiger partial charge on any atom is -0.481 e. The van der Waals surface area contributed by atoms with Gasteiger partial charge in [-0.15, -0.1) is 0 Å². The van der Waals surface area contributed by atoms with Gasteiger partial charge in [0.15, 0.2) is 0 Å². The molecule has 0 bridgehead atoms. The number of rotatable bonds is 5. The van der Waals surface area contributed by atoms with Gasteiger partial charge in [-0.1, -0.05) is 19.1 Å². The zero-order valence-electron chi connectivity index (χ0n) is 11.4. The van der Waals surface area contributed by atoms with Gasteiger partial charge in [0.05, 0.1) is 11.3 Å². The summed E-state index contributed by atoms with van der Waals surface area (Å²) in [4.78, 5) is 10.9. The third kappa shape index (κ3) is 3.02. The number of sulfonamides is 1. The summed E-state index contributed by atoms with van der Waals surface area (Å²) in [6.45, 7) is 2.56. The van der Waals surface area contributed by atoms with E-state index in [1.807, 2.05) is 6.92 Å². The Morgan fingerprint density at radius 3 is 2.55 bits per heavy atom. The monoisotopic (exact) mass is 297 g/mol. The Morgan fingerprint density at radius 2 is 2.00 bits per heavy atom. The standard InChI is InChI=1S/C14H19NO4S/c1-2-12-4-3-9-15(12)20(18,19)13-7-5-11(6-8-13)10-14(16)17/h5-8,12H,2-4,9-10H2,1H3,(H,16,17). The molecule has 110 valence electrons. The van der Waals surface area contributed by atoms with Crippen molar-refractivity contribution in [2.75, 3.05) is 6.54 Å². The molecular formula is C14H19NO4S. The predicted molar refractivity (Wildman–Crippen MR) is 75.0 cm³/mol. The average molecular weight is 297 g/mol. The van der Waals surface area contributed by atoms with Crippen molar-refractivity contribution in [3.8, 4) is 0 Å². The quantitative estimate of drug-likeness (QED) is 0.900. The molecule has 1 fully saturated rings. The van der Waals surface area contributed by atoms with Crippen LogP contribution in [0.3, 0.4) is 0 Å². The van der Waals surface area contributed by atoms with Crippen LogP contribution in [0.15, 0.2) is 29.2 Å². The van der Waals surface area contributed by atoms with E-state index in [0.717, 1.165) is 19.3 Å². The Bertz CT molecular complexity index is 580. The third-order valence-electron chi connectivity index (χ3n) is 3.68. The Morgan fingerprint density at radius 1 is 1.35 bits per heavy atom. The van der Waals surface area contributed by atoms with Crippen LogP contribution in [-0.2, 0) is 21.2 Å². The molecule has 1 aliphatic rings. The summed E-state index contributed by atoms with van der Waals surface area (Å²) in [5.41, 5.74) is 0.602. The first-order valence-electron chi connectivity index (χ1n) is 6.77. The third-order valence-corrected chi connectivity index (χ3v) is 5.65. The van der Waals surface area contributed by atoms with E-state index in [1.165, 1.54) is 12.1 Å². The minimum atomic E-state index is -3.46. The van der Waals surface area contributed by atoms with Crippen LogP contribution >= 0.6 is 0 Å². The summed E-state index contributed by atoms with van der Waals surface area (Å²) >= 11 is 0. The van der Waals surface area contributed by atoms with Gasteiger partial charge in [0.1, 0.15) is 0 Å². The first kappa shape index (κ1) is 15.0. The molecule has 20 heavy (non-hydrogen) atoms. The maximum absolute atomic E-state index is 12.5. The molecule has 5 nitrogen and oxygen atoms in total. The fourth-order valence-electron chi connectivity index (χ4n) is 2.62. The molecular weight excluding hydrogens is 278 g/mol. The Hall–Kier alpha value is -1.40. The second kappa shape index (κ2) is 5.93. The van der Waals surface area contributed by atoms with Crippen LogP contribution in [0.1, 0.15) is 31.7 Å². The number of aliphatic carboxylic acids is 1. The number of hydrogen-bond acceptors (Lipinski definition) is 3. The first-order chi connectivity index (χ1) is 9.45.